The number of carbonyl (C=O) groups is 1. The SMILES string of the molecule is CCOC(=O)CC(C#N)NC. The van der Waals surface area contributed by atoms with Gasteiger partial charge in [0.25, 0.3) is 0 Å². The molecular formula is C7H12N2O2. The second kappa shape index (κ2) is 5.69. The molecule has 0 fully saturated rings. The van der Waals surface area contributed by atoms with E-state index in [1.54, 1.807) is 14.0 Å². The third-order valence-electron chi connectivity index (χ3n) is 1.18. The number of hydrogen-bond acceptors (Lipinski definition) is 4. The summed E-state index contributed by atoms with van der Waals surface area (Å²) in [6, 6.07) is 1.49. The van der Waals surface area contributed by atoms with Crippen molar-refractivity contribution in [2.45, 2.75) is 19.4 Å². The van der Waals surface area contributed by atoms with Gasteiger partial charge in [-0.2, -0.15) is 5.26 Å². The highest BCUT2D eigenvalue weighted by Crippen LogP contribution is 1.92. The number of esters is 1. The fourth-order valence-corrected chi connectivity index (χ4v) is 0.599. The topological polar surface area (TPSA) is 62.1 Å². The highest BCUT2D eigenvalue weighted by atomic mass is 16.5. The molecule has 0 aliphatic rings. The predicted octanol–water partition coefficient (Wildman–Crippen LogP) is 0.0512. The molecule has 0 radical (unpaired) electrons. The van der Waals surface area contributed by atoms with Gasteiger partial charge in [-0.05, 0) is 14.0 Å². The summed E-state index contributed by atoms with van der Waals surface area (Å²) in [5.74, 6) is -0.339. The Kier molecular flexibility index (Phi) is 5.13. The van der Waals surface area contributed by atoms with E-state index in [1.807, 2.05) is 6.07 Å². The van der Waals surface area contributed by atoms with Gasteiger partial charge in [-0.25, -0.2) is 0 Å². The van der Waals surface area contributed by atoms with Crippen LogP contribution in [0.15, 0.2) is 0 Å². The molecular weight excluding hydrogens is 144 g/mol. The van der Waals surface area contributed by atoms with Crippen LogP contribution in [0.1, 0.15) is 13.3 Å². The van der Waals surface area contributed by atoms with Crippen molar-refractivity contribution in [2.24, 2.45) is 0 Å². The normalized spacial score (nSPS) is 11.7. The van der Waals surface area contributed by atoms with Gasteiger partial charge < -0.3 is 10.1 Å². The van der Waals surface area contributed by atoms with Gasteiger partial charge in [-0.1, -0.05) is 0 Å². The van der Waals surface area contributed by atoms with Gasteiger partial charge in [0.15, 0.2) is 0 Å². The van der Waals surface area contributed by atoms with Crippen molar-refractivity contribution in [1.82, 2.24) is 5.32 Å². The van der Waals surface area contributed by atoms with Crippen LogP contribution >= 0.6 is 0 Å². The minimum atomic E-state index is -0.436. The van der Waals surface area contributed by atoms with Crippen LogP contribution in [-0.4, -0.2) is 25.7 Å². The molecule has 1 N–H and O–H groups in total. The number of nitriles is 1. The molecule has 0 amide bonds. The highest BCUT2D eigenvalue weighted by Gasteiger charge is 2.10. The van der Waals surface area contributed by atoms with E-state index in [4.69, 9.17) is 5.26 Å². The summed E-state index contributed by atoms with van der Waals surface area (Å²) >= 11 is 0. The van der Waals surface area contributed by atoms with Gasteiger partial charge in [-0.15, -0.1) is 0 Å². The average molecular weight is 156 g/mol. The minimum absolute atomic E-state index is 0.112. The first kappa shape index (κ1) is 9.92. The molecule has 0 bridgehead atoms. The second-order valence-electron chi connectivity index (χ2n) is 1.98. The van der Waals surface area contributed by atoms with Crippen molar-refractivity contribution < 1.29 is 9.53 Å². The molecule has 0 aliphatic heterocycles. The monoisotopic (exact) mass is 156 g/mol. The number of rotatable bonds is 4. The Morgan fingerprint density at radius 3 is 2.82 bits per heavy atom. The van der Waals surface area contributed by atoms with E-state index in [-0.39, 0.29) is 12.4 Å². The van der Waals surface area contributed by atoms with E-state index in [2.05, 4.69) is 10.1 Å². The fourth-order valence-electron chi connectivity index (χ4n) is 0.599. The molecule has 0 saturated carbocycles. The Bertz CT molecular complexity index is 162. The molecule has 0 aromatic heterocycles. The first-order valence-electron chi connectivity index (χ1n) is 3.47. The molecule has 11 heavy (non-hydrogen) atoms. The maximum atomic E-state index is 10.8. The van der Waals surface area contributed by atoms with Gasteiger partial charge in [0, 0.05) is 0 Å². The summed E-state index contributed by atoms with van der Waals surface area (Å²) in [7, 11) is 1.63. The first-order valence-corrected chi connectivity index (χ1v) is 3.47. The third kappa shape index (κ3) is 4.34. The molecule has 4 nitrogen and oxygen atoms in total. The molecule has 0 aromatic rings. The number of hydrogen-bond donors (Lipinski definition) is 1. The van der Waals surface area contributed by atoms with Crippen LogP contribution in [-0.2, 0) is 9.53 Å². The van der Waals surface area contributed by atoms with Crippen molar-refractivity contribution in [3.63, 3.8) is 0 Å². The van der Waals surface area contributed by atoms with Crippen LogP contribution in [0.4, 0.5) is 0 Å². The molecule has 0 spiro atoms. The highest BCUT2D eigenvalue weighted by molar-refractivity contribution is 5.70. The van der Waals surface area contributed by atoms with E-state index >= 15 is 0 Å². The van der Waals surface area contributed by atoms with Gasteiger partial charge in [0.05, 0.1) is 19.1 Å². The standard InChI is InChI=1S/C7H12N2O2/c1-3-11-7(10)4-6(5-8)9-2/h6,9H,3-4H2,1-2H3. The Morgan fingerprint density at radius 2 is 2.45 bits per heavy atom. The third-order valence-corrected chi connectivity index (χ3v) is 1.18. The van der Waals surface area contributed by atoms with Crippen LogP contribution in [0, 0.1) is 11.3 Å². The lowest BCUT2D eigenvalue weighted by atomic mass is 10.2. The molecule has 0 aromatic carbocycles. The fraction of sp³-hybridized carbons (Fsp3) is 0.714. The lowest BCUT2D eigenvalue weighted by Crippen LogP contribution is -2.27. The molecule has 0 aliphatic carbocycles. The van der Waals surface area contributed by atoms with Gasteiger partial charge in [0.1, 0.15) is 6.04 Å². The van der Waals surface area contributed by atoms with Crippen LogP contribution in [0.3, 0.4) is 0 Å². The van der Waals surface area contributed by atoms with Crippen molar-refractivity contribution >= 4 is 5.97 Å². The Labute approximate surface area is 66.1 Å². The minimum Gasteiger partial charge on any atom is -0.466 e. The molecule has 1 unspecified atom stereocenters. The summed E-state index contributed by atoms with van der Waals surface area (Å²) in [5, 5.41) is 11.1. The van der Waals surface area contributed by atoms with E-state index in [1.165, 1.54) is 0 Å². The maximum absolute atomic E-state index is 10.8. The van der Waals surface area contributed by atoms with Crippen molar-refractivity contribution in [1.29, 1.82) is 5.26 Å². The summed E-state index contributed by atoms with van der Waals surface area (Å²) in [5.41, 5.74) is 0. The summed E-state index contributed by atoms with van der Waals surface area (Å²) in [6.07, 6.45) is 0.112. The lowest BCUT2D eigenvalue weighted by Gasteiger charge is -2.05. The maximum Gasteiger partial charge on any atom is 0.308 e. The molecule has 1 atom stereocenters. The van der Waals surface area contributed by atoms with E-state index in [9.17, 15) is 4.79 Å². The van der Waals surface area contributed by atoms with Crippen molar-refractivity contribution in [2.75, 3.05) is 13.7 Å². The lowest BCUT2D eigenvalue weighted by molar-refractivity contribution is -0.143. The van der Waals surface area contributed by atoms with Crippen LogP contribution in [0.2, 0.25) is 0 Å². The van der Waals surface area contributed by atoms with Gasteiger partial charge in [0.2, 0.25) is 0 Å². The molecule has 0 rings (SSSR count). The van der Waals surface area contributed by atoms with E-state index < -0.39 is 6.04 Å². The van der Waals surface area contributed by atoms with E-state index in [0.717, 1.165) is 0 Å². The second-order valence-corrected chi connectivity index (χ2v) is 1.98. The Morgan fingerprint density at radius 1 is 1.82 bits per heavy atom. The summed E-state index contributed by atoms with van der Waals surface area (Å²) in [6.45, 7) is 2.10. The van der Waals surface area contributed by atoms with Crippen LogP contribution in [0.5, 0.6) is 0 Å². The van der Waals surface area contributed by atoms with Crippen molar-refractivity contribution in [3.05, 3.63) is 0 Å². The molecule has 0 saturated heterocycles. The van der Waals surface area contributed by atoms with Gasteiger partial charge in [-0.3, -0.25) is 4.79 Å². The number of ether oxygens (including phenoxy) is 1. The smallest absolute Gasteiger partial charge is 0.308 e. The Hall–Kier alpha value is -1.08. The largest absolute Gasteiger partial charge is 0.466 e. The molecule has 4 heteroatoms. The molecule has 0 heterocycles. The first-order chi connectivity index (χ1) is 5.24. The number of nitrogens with zero attached hydrogens (tertiary/aromatic N) is 1. The predicted molar refractivity (Wildman–Crippen MR) is 39.7 cm³/mol. The number of carbonyl (C=O) groups excluding carboxylic acids is 1. The number of nitrogens with one attached hydrogen (secondary N) is 1. The van der Waals surface area contributed by atoms with Crippen LogP contribution < -0.4 is 5.32 Å². The molecule has 62 valence electrons. The zero-order valence-electron chi connectivity index (χ0n) is 6.76. The van der Waals surface area contributed by atoms with E-state index in [0.29, 0.717) is 6.61 Å². The zero-order valence-corrected chi connectivity index (χ0v) is 6.76. The van der Waals surface area contributed by atoms with Gasteiger partial charge >= 0.3 is 5.97 Å². The summed E-state index contributed by atoms with van der Waals surface area (Å²) < 4.78 is 4.65. The quantitative estimate of drug-likeness (QED) is 0.584. The zero-order chi connectivity index (χ0) is 8.69. The average Bonchev–Trinajstić information content (AvgIpc) is 2.01. The summed E-state index contributed by atoms with van der Waals surface area (Å²) in [4.78, 5) is 10.8. The van der Waals surface area contributed by atoms with Crippen LogP contribution in [0.25, 0.3) is 0 Å². The Balaban J connectivity index is 3.65. The van der Waals surface area contributed by atoms with Crippen molar-refractivity contribution in [3.8, 4) is 6.07 Å².